The zero-order valence-electron chi connectivity index (χ0n) is 11.7. The molecule has 0 radical (unpaired) electrons. The van der Waals surface area contributed by atoms with Gasteiger partial charge in [0.2, 0.25) is 5.91 Å². The van der Waals surface area contributed by atoms with Crippen molar-refractivity contribution in [2.24, 2.45) is 17.4 Å². The molecule has 104 valence electrons. The molecular weight excluding hydrogens is 238 g/mol. The van der Waals surface area contributed by atoms with Crippen molar-refractivity contribution < 1.29 is 4.79 Å². The van der Waals surface area contributed by atoms with Crippen LogP contribution in [0.2, 0.25) is 0 Å². The van der Waals surface area contributed by atoms with Gasteiger partial charge in [-0.2, -0.15) is 0 Å². The monoisotopic (exact) mass is 261 g/mol. The first-order chi connectivity index (χ1) is 9.04. The number of nitrogens with two attached hydrogens (primary N) is 2. The number of carbonyl (C=O) groups excluding carboxylic acids is 1. The summed E-state index contributed by atoms with van der Waals surface area (Å²) in [5, 5.41) is 0. The van der Waals surface area contributed by atoms with Crippen molar-refractivity contribution in [2.75, 3.05) is 18.5 Å². The molecule has 0 aromatic heterocycles. The van der Waals surface area contributed by atoms with Crippen LogP contribution in [-0.4, -0.2) is 25.5 Å². The molecule has 2 rings (SSSR count). The predicted molar refractivity (Wildman–Crippen MR) is 78.3 cm³/mol. The van der Waals surface area contributed by atoms with Crippen LogP contribution in [0.25, 0.3) is 0 Å². The van der Waals surface area contributed by atoms with Gasteiger partial charge in [-0.3, -0.25) is 4.79 Å². The van der Waals surface area contributed by atoms with Crippen LogP contribution in [0.15, 0.2) is 18.2 Å². The van der Waals surface area contributed by atoms with Gasteiger partial charge in [-0.1, -0.05) is 6.42 Å². The number of aryl methyl sites for hydroxylation is 1. The van der Waals surface area contributed by atoms with E-state index in [1.165, 1.54) is 19.3 Å². The highest BCUT2D eigenvalue weighted by Crippen LogP contribution is 2.32. The van der Waals surface area contributed by atoms with Crippen molar-refractivity contribution in [3.05, 3.63) is 29.3 Å². The number of benzene rings is 1. The number of rotatable bonds is 4. The van der Waals surface area contributed by atoms with Crippen LogP contribution >= 0.6 is 0 Å². The zero-order chi connectivity index (χ0) is 14.0. The smallest absolute Gasteiger partial charge is 0.248 e. The zero-order valence-corrected chi connectivity index (χ0v) is 11.7. The molecule has 1 fully saturated rings. The normalized spacial score (nSPS) is 22.5. The van der Waals surface area contributed by atoms with Crippen LogP contribution < -0.4 is 16.4 Å². The van der Waals surface area contributed by atoms with Crippen molar-refractivity contribution in [3.63, 3.8) is 0 Å². The Balaban J connectivity index is 2.22. The minimum atomic E-state index is -0.368. The first-order valence-corrected chi connectivity index (χ1v) is 6.88. The van der Waals surface area contributed by atoms with Crippen LogP contribution in [0.3, 0.4) is 0 Å². The van der Waals surface area contributed by atoms with Gasteiger partial charge < -0.3 is 16.4 Å². The standard InChI is InChI=1S/C15H23N3O/c1-10-8-12(6-7-13(10)15(17)19)18(2)14-5-3-4-11(14)9-16/h6-8,11,14H,3-5,9,16H2,1-2H3,(H2,17,19). The molecular formula is C15H23N3O. The van der Waals surface area contributed by atoms with Crippen LogP contribution in [0.5, 0.6) is 0 Å². The summed E-state index contributed by atoms with van der Waals surface area (Å²) in [6.07, 6.45) is 3.65. The summed E-state index contributed by atoms with van der Waals surface area (Å²) in [6.45, 7) is 2.67. The van der Waals surface area contributed by atoms with E-state index >= 15 is 0 Å². The van der Waals surface area contributed by atoms with E-state index in [1.807, 2.05) is 25.1 Å². The van der Waals surface area contributed by atoms with Crippen LogP contribution in [0, 0.1) is 12.8 Å². The Labute approximate surface area is 114 Å². The van der Waals surface area contributed by atoms with Crippen LogP contribution in [-0.2, 0) is 0 Å². The average molecular weight is 261 g/mol. The second-order valence-electron chi connectivity index (χ2n) is 5.47. The lowest BCUT2D eigenvalue weighted by Crippen LogP contribution is -2.37. The summed E-state index contributed by atoms with van der Waals surface area (Å²) < 4.78 is 0. The molecule has 1 aromatic rings. The van der Waals surface area contributed by atoms with Gasteiger partial charge in [-0.05, 0) is 56.0 Å². The largest absolute Gasteiger partial charge is 0.371 e. The minimum Gasteiger partial charge on any atom is -0.371 e. The van der Waals surface area contributed by atoms with E-state index in [4.69, 9.17) is 11.5 Å². The van der Waals surface area contributed by atoms with Crippen molar-refractivity contribution >= 4 is 11.6 Å². The molecule has 1 saturated carbocycles. The van der Waals surface area contributed by atoms with Crippen molar-refractivity contribution in [3.8, 4) is 0 Å². The Kier molecular flexibility index (Phi) is 4.10. The van der Waals surface area contributed by atoms with Gasteiger partial charge in [-0.25, -0.2) is 0 Å². The van der Waals surface area contributed by atoms with Crippen molar-refractivity contribution in [2.45, 2.75) is 32.2 Å². The Bertz CT molecular complexity index is 472. The maximum Gasteiger partial charge on any atom is 0.248 e. The summed E-state index contributed by atoms with van der Waals surface area (Å²) in [5.41, 5.74) is 13.8. The molecule has 0 bridgehead atoms. The highest BCUT2D eigenvalue weighted by Gasteiger charge is 2.29. The molecule has 4 heteroatoms. The van der Waals surface area contributed by atoms with Gasteiger partial charge in [0.05, 0.1) is 0 Å². The minimum absolute atomic E-state index is 0.368. The fourth-order valence-electron chi connectivity index (χ4n) is 3.14. The van der Waals surface area contributed by atoms with E-state index in [0.29, 0.717) is 17.5 Å². The van der Waals surface area contributed by atoms with Gasteiger partial charge in [-0.15, -0.1) is 0 Å². The van der Waals surface area contributed by atoms with Crippen molar-refractivity contribution in [1.29, 1.82) is 0 Å². The fourth-order valence-corrected chi connectivity index (χ4v) is 3.14. The SMILES string of the molecule is Cc1cc(N(C)C2CCCC2CN)ccc1C(N)=O. The Morgan fingerprint density at radius 2 is 2.16 bits per heavy atom. The maximum absolute atomic E-state index is 11.2. The molecule has 0 heterocycles. The number of primary amides is 1. The summed E-state index contributed by atoms with van der Waals surface area (Å²) >= 11 is 0. The lowest BCUT2D eigenvalue weighted by molar-refractivity contribution is 0.1000. The highest BCUT2D eigenvalue weighted by atomic mass is 16.1. The van der Waals surface area contributed by atoms with Gasteiger partial charge in [0.1, 0.15) is 0 Å². The number of amides is 1. The van der Waals surface area contributed by atoms with Crippen LogP contribution in [0.4, 0.5) is 5.69 Å². The van der Waals surface area contributed by atoms with E-state index in [2.05, 4.69) is 11.9 Å². The molecule has 4 N–H and O–H groups in total. The topological polar surface area (TPSA) is 72.3 Å². The Morgan fingerprint density at radius 3 is 2.74 bits per heavy atom. The summed E-state index contributed by atoms with van der Waals surface area (Å²) in [4.78, 5) is 13.5. The third-order valence-electron chi connectivity index (χ3n) is 4.30. The molecule has 0 aliphatic heterocycles. The van der Waals surface area contributed by atoms with E-state index < -0.39 is 0 Å². The van der Waals surface area contributed by atoms with Crippen LogP contribution in [0.1, 0.15) is 35.2 Å². The third kappa shape index (κ3) is 2.73. The number of anilines is 1. The van der Waals surface area contributed by atoms with E-state index in [-0.39, 0.29) is 5.91 Å². The summed E-state index contributed by atoms with van der Waals surface area (Å²) in [6, 6.07) is 6.32. The molecule has 0 saturated heterocycles. The second kappa shape index (κ2) is 5.61. The summed E-state index contributed by atoms with van der Waals surface area (Å²) in [5.74, 6) is 0.202. The lowest BCUT2D eigenvalue weighted by atomic mass is 10.0. The molecule has 1 aliphatic rings. The Hall–Kier alpha value is -1.55. The molecule has 19 heavy (non-hydrogen) atoms. The predicted octanol–water partition coefficient (Wildman–Crippen LogP) is 1.66. The second-order valence-corrected chi connectivity index (χ2v) is 5.47. The van der Waals surface area contributed by atoms with Gasteiger partial charge in [0, 0.05) is 24.3 Å². The fraction of sp³-hybridized carbons (Fsp3) is 0.533. The third-order valence-corrected chi connectivity index (χ3v) is 4.30. The average Bonchev–Trinajstić information content (AvgIpc) is 2.85. The van der Waals surface area contributed by atoms with E-state index in [0.717, 1.165) is 17.8 Å². The van der Waals surface area contributed by atoms with Gasteiger partial charge in [0.15, 0.2) is 0 Å². The van der Waals surface area contributed by atoms with Gasteiger partial charge in [0.25, 0.3) is 0 Å². The van der Waals surface area contributed by atoms with E-state index in [1.54, 1.807) is 0 Å². The quantitative estimate of drug-likeness (QED) is 0.865. The number of hydrogen-bond acceptors (Lipinski definition) is 3. The molecule has 2 unspecified atom stereocenters. The van der Waals surface area contributed by atoms with Crippen molar-refractivity contribution in [1.82, 2.24) is 0 Å². The molecule has 1 amide bonds. The van der Waals surface area contributed by atoms with Gasteiger partial charge >= 0.3 is 0 Å². The first-order valence-electron chi connectivity index (χ1n) is 6.88. The summed E-state index contributed by atoms with van der Waals surface area (Å²) in [7, 11) is 2.11. The molecule has 0 spiro atoms. The molecule has 1 aliphatic carbocycles. The first kappa shape index (κ1) is 13.9. The molecule has 1 aromatic carbocycles. The lowest BCUT2D eigenvalue weighted by Gasteiger charge is -2.31. The number of carbonyl (C=O) groups is 1. The highest BCUT2D eigenvalue weighted by molar-refractivity contribution is 5.94. The maximum atomic E-state index is 11.2. The Morgan fingerprint density at radius 1 is 1.42 bits per heavy atom. The molecule has 4 nitrogen and oxygen atoms in total. The van der Waals surface area contributed by atoms with E-state index in [9.17, 15) is 4.79 Å². The number of nitrogens with zero attached hydrogens (tertiary/aromatic N) is 1. The molecule has 2 atom stereocenters. The number of hydrogen-bond donors (Lipinski definition) is 2.